The monoisotopic (exact) mass is 327 g/mol. The number of nitrogens with two attached hydrogens (primary N) is 1. The standard InChI is InChI=1S/C15H21N3OS.ClH/c1-9(16)7-13(19)17-10-5-6-11-12(8-10)20-14(18-11)15(2,3)4;/h5-6,8-9H,7,16H2,1-4H3,(H,17,19);1H. The smallest absolute Gasteiger partial charge is 0.225 e. The summed E-state index contributed by atoms with van der Waals surface area (Å²) in [5, 5.41) is 3.98. The lowest BCUT2D eigenvalue weighted by Gasteiger charge is -2.13. The molecule has 0 bridgehead atoms. The third kappa shape index (κ3) is 4.66. The van der Waals surface area contributed by atoms with Gasteiger partial charge in [0.1, 0.15) is 0 Å². The fourth-order valence-electron chi connectivity index (χ4n) is 1.83. The highest BCUT2D eigenvalue weighted by atomic mass is 35.5. The Morgan fingerprint density at radius 1 is 1.43 bits per heavy atom. The van der Waals surface area contributed by atoms with E-state index in [2.05, 4.69) is 31.1 Å². The van der Waals surface area contributed by atoms with E-state index in [9.17, 15) is 4.79 Å². The number of nitrogens with zero attached hydrogens (tertiary/aromatic N) is 1. The molecule has 0 aliphatic carbocycles. The molecule has 116 valence electrons. The van der Waals surface area contributed by atoms with Crippen molar-refractivity contribution in [1.29, 1.82) is 0 Å². The molecular formula is C15H22ClN3OS. The van der Waals surface area contributed by atoms with E-state index in [4.69, 9.17) is 5.73 Å². The Balaban J connectivity index is 0.00000220. The van der Waals surface area contributed by atoms with Crippen molar-refractivity contribution < 1.29 is 4.79 Å². The van der Waals surface area contributed by atoms with E-state index in [1.54, 1.807) is 11.3 Å². The van der Waals surface area contributed by atoms with E-state index >= 15 is 0 Å². The number of anilines is 1. The molecule has 0 aliphatic rings. The highest BCUT2D eigenvalue weighted by molar-refractivity contribution is 7.18. The van der Waals surface area contributed by atoms with E-state index in [1.807, 2.05) is 25.1 Å². The summed E-state index contributed by atoms with van der Waals surface area (Å²) in [5.41, 5.74) is 7.44. The molecular weight excluding hydrogens is 306 g/mol. The van der Waals surface area contributed by atoms with Gasteiger partial charge in [-0.3, -0.25) is 4.79 Å². The number of amides is 1. The number of carbonyl (C=O) groups is 1. The van der Waals surface area contributed by atoms with Crippen molar-refractivity contribution >= 4 is 45.6 Å². The molecule has 0 aliphatic heterocycles. The number of hydrogen-bond acceptors (Lipinski definition) is 4. The van der Waals surface area contributed by atoms with Gasteiger partial charge in [-0.25, -0.2) is 4.98 Å². The van der Waals surface area contributed by atoms with E-state index in [-0.39, 0.29) is 29.8 Å². The number of thiazole rings is 1. The van der Waals surface area contributed by atoms with Crippen LogP contribution in [-0.4, -0.2) is 16.9 Å². The summed E-state index contributed by atoms with van der Waals surface area (Å²) in [6, 6.07) is 5.67. The van der Waals surface area contributed by atoms with Gasteiger partial charge in [0, 0.05) is 23.6 Å². The lowest BCUT2D eigenvalue weighted by atomic mass is 9.98. The van der Waals surface area contributed by atoms with Gasteiger partial charge < -0.3 is 11.1 Å². The number of hydrogen-bond donors (Lipinski definition) is 2. The zero-order valence-corrected chi connectivity index (χ0v) is 14.4. The summed E-state index contributed by atoms with van der Waals surface area (Å²) in [6.45, 7) is 8.27. The normalized spacial score (nSPS) is 12.8. The molecule has 0 saturated heterocycles. The first-order chi connectivity index (χ1) is 9.25. The largest absolute Gasteiger partial charge is 0.327 e. The van der Waals surface area contributed by atoms with Gasteiger partial charge in [-0.05, 0) is 25.1 Å². The average molecular weight is 328 g/mol. The number of benzene rings is 1. The van der Waals surface area contributed by atoms with Crippen LogP contribution in [0.5, 0.6) is 0 Å². The van der Waals surface area contributed by atoms with Gasteiger partial charge in [-0.15, -0.1) is 23.7 Å². The minimum Gasteiger partial charge on any atom is -0.327 e. The zero-order chi connectivity index (χ0) is 14.9. The Labute approximate surface area is 135 Å². The van der Waals surface area contributed by atoms with Gasteiger partial charge in [0.2, 0.25) is 5.91 Å². The summed E-state index contributed by atoms with van der Waals surface area (Å²) in [5.74, 6) is -0.0556. The van der Waals surface area contributed by atoms with E-state index in [0.717, 1.165) is 20.9 Å². The quantitative estimate of drug-likeness (QED) is 0.903. The second kappa shape index (κ2) is 6.73. The molecule has 0 radical (unpaired) electrons. The van der Waals surface area contributed by atoms with Crippen LogP contribution in [0.3, 0.4) is 0 Å². The van der Waals surface area contributed by atoms with Crippen molar-refractivity contribution in [2.45, 2.75) is 45.6 Å². The molecule has 6 heteroatoms. The Morgan fingerprint density at radius 3 is 2.67 bits per heavy atom. The fraction of sp³-hybridized carbons (Fsp3) is 0.467. The predicted molar refractivity (Wildman–Crippen MR) is 92.5 cm³/mol. The highest BCUT2D eigenvalue weighted by Gasteiger charge is 2.18. The second-order valence-corrected chi connectivity index (χ2v) is 7.21. The molecule has 1 amide bonds. The Bertz CT molecular complexity index is 631. The third-order valence-corrected chi connectivity index (χ3v) is 4.27. The third-order valence-electron chi connectivity index (χ3n) is 2.82. The topological polar surface area (TPSA) is 68.0 Å². The molecule has 21 heavy (non-hydrogen) atoms. The summed E-state index contributed by atoms with van der Waals surface area (Å²) in [4.78, 5) is 16.4. The van der Waals surface area contributed by atoms with Crippen LogP contribution >= 0.6 is 23.7 Å². The first-order valence-electron chi connectivity index (χ1n) is 6.72. The van der Waals surface area contributed by atoms with Gasteiger partial charge in [0.15, 0.2) is 0 Å². The van der Waals surface area contributed by atoms with Gasteiger partial charge in [0.05, 0.1) is 15.2 Å². The molecule has 1 atom stereocenters. The summed E-state index contributed by atoms with van der Waals surface area (Å²) < 4.78 is 1.09. The van der Waals surface area contributed by atoms with Crippen LogP contribution in [0.2, 0.25) is 0 Å². The Hall–Kier alpha value is -1.17. The van der Waals surface area contributed by atoms with E-state index < -0.39 is 0 Å². The number of rotatable bonds is 3. The molecule has 1 aromatic carbocycles. The number of aromatic nitrogens is 1. The number of nitrogens with one attached hydrogen (secondary N) is 1. The van der Waals surface area contributed by atoms with Crippen molar-refractivity contribution in [2.24, 2.45) is 5.73 Å². The van der Waals surface area contributed by atoms with Gasteiger partial charge in [-0.2, -0.15) is 0 Å². The zero-order valence-electron chi connectivity index (χ0n) is 12.8. The van der Waals surface area contributed by atoms with Crippen LogP contribution in [-0.2, 0) is 10.2 Å². The maximum Gasteiger partial charge on any atom is 0.225 e. The van der Waals surface area contributed by atoms with Crippen molar-refractivity contribution in [2.75, 3.05) is 5.32 Å². The molecule has 1 aromatic heterocycles. The van der Waals surface area contributed by atoms with Crippen molar-refractivity contribution in [3.8, 4) is 0 Å². The molecule has 0 saturated carbocycles. The SMILES string of the molecule is CC(N)CC(=O)Nc1ccc2nc(C(C)(C)C)sc2c1.Cl. The molecule has 2 aromatic rings. The van der Waals surface area contributed by atoms with Crippen LogP contribution in [0.25, 0.3) is 10.2 Å². The first-order valence-corrected chi connectivity index (χ1v) is 7.54. The van der Waals surface area contributed by atoms with E-state index in [1.165, 1.54) is 0 Å². The summed E-state index contributed by atoms with van der Waals surface area (Å²) >= 11 is 1.67. The lowest BCUT2D eigenvalue weighted by molar-refractivity contribution is -0.116. The van der Waals surface area contributed by atoms with Crippen molar-refractivity contribution in [3.63, 3.8) is 0 Å². The molecule has 2 rings (SSSR count). The predicted octanol–water partition coefficient (Wildman–Crippen LogP) is 3.69. The second-order valence-electron chi connectivity index (χ2n) is 6.18. The van der Waals surface area contributed by atoms with Crippen LogP contribution in [0, 0.1) is 0 Å². The van der Waals surface area contributed by atoms with Gasteiger partial charge >= 0.3 is 0 Å². The molecule has 1 unspecified atom stereocenters. The minimum absolute atomic E-state index is 0. The summed E-state index contributed by atoms with van der Waals surface area (Å²) in [6.07, 6.45) is 0.327. The molecule has 3 N–H and O–H groups in total. The Morgan fingerprint density at radius 2 is 2.10 bits per heavy atom. The number of fused-ring (bicyclic) bond motifs is 1. The number of carbonyl (C=O) groups excluding carboxylic acids is 1. The van der Waals surface area contributed by atoms with Gasteiger partial charge in [-0.1, -0.05) is 20.8 Å². The van der Waals surface area contributed by atoms with E-state index in [0.29, 0.717) is 6.42 Å². The molecule has 0 spiro atoms. The van der Waals surface area contributed by atoms with Crippen LogP contribution in [0.4, 0.5) is 5.69 Å². The lowest BCUT2D eigenvalue weighted by Crippen LogP contribution is -2.23. The number of halogens is 1. The fourth-order valence-corrected chi connectivity index (χ4v) is 2.89. The van der Waals surface area contributed by atoms with Crippen molar-refractivity contribution in [3.05, 3.63) is 23.2 Å². The highest BCUT2D eigenvalue weighted by Crippen LogP contribution is 2.32. The maximum atomic E-state index is 11.7. The van der Waals surface area contributed by atoms with Gasteiger partial charge in [0.25, 0.3) is 0 Å². The average Bonchev–Trinajstić information content (AvgIpc) is 2.70. The molecule has 4 nitrogen and oxygen atoms in total. The van der Waals surface area contributed by atoms with Crippen LogP contribution < -0.4 is 11.1 Å². The van der Waals surface area contributed by atoms with Crippen LogP contribution in [0.15, 0.2) is 18.2 Å². The molecule has 1 heterocycles. The molecule has 0 fully saturated rings. The maximum absolute atomic E-state index is 11.7. The Kier molecular flexibility index (Phi) is 5.73. The minimum atomic E-state index is -0.130. The van der Waals surface area contributed by atoms with Crippen LogP contribution in [0.1, 0.15) is 39.1 Å². The van der Waals surface area contributed by atoms with Crippen molar-refractivity contribution in [1.82, 2.24) is 4.98 Å². The summed E-state index contributed by atoms with van der Waals surface area (Å²) in [7, 11) is 0. The first kappa shape index (κ1) is 17.9.